The van der Waals surface area contributed by atoms with Gasteiger partial charge in [0, 0.05) is 25.2 Å². The summed E-state index contributed by atoms with van der Waals surface area (Å²) in [5, 5.41) is 0. The fraction of sp³-hybridized carbons (Fsp3) is 0.250. The van der Waals surface area contributed by atoms with Gasteiger partial charge >= 0.3 is 0 Å². The van der Waals surface area contributed by atoms with E-state index >= 15 is 0 Å². The van der Waals surface area contributed by atoms with Crippen LogP contribution in [0.2, 0.25) is 0 Å². The summed E-state index contributed by atoms with van der Waals surface area (Å²) in [6.07, 6.45) is 1.73. The van der Waals surface area contributed by atoms with E-state index in [1.54, 1.807) is 18.0 Å². The molecule has 0 N–H and O–H groups in total. The Morgan fingerprint density at radius 1 is 1.19 bits per heavy atom. The van der Waals surface area contributed by atoms with Crippen molar-refractivity contribution in [1.29, 1.82) is 0 Å². The number of rotatable bonds is 4. The number of fused-ring (bicyclic) bond motifs is 1. The van der Waals surface area contributed by atoms with Gasteiger partial charge in [0.15, 0.2) is 11.5 Å². The molecule has 0 saturated heterocycles. The van der Waals surface area contributed by atoms with Gasteiger partial charge in [0.1, 0.15) is 0 Å². The summed E-state index contributed by atoms with van der Waals surface area (Å²) in [6, 6.07) is 11.4. The van der Waals surface area contributed by atoms with Crippen LogP contribution in [0.15, 0.2) is 42.6 Å². The Morgan fingerprint density at radius 3 is 2.86 bits per heavy atom. The lowest BCUT2D eigenvalue weighted by atomic mass is 10.1. The van der Waals surface area contributed by atoms with Crippen LogP contribution in [-0.2, 0) is 17.9 Å². The van der Waals surface area contributed by atoms with E-state index < -0.39 is 0 Å². The molecule has 1 amide bonds. The average molecular weight is 284 g/mol. The number of pyridine rings is 1. The number of para-hydroxylation sites is 1. The smallest absolute Gasteiger partial charge is 0.231 e. The zero-order chi connectivity index (χ0) is 14.7. The Bertz CT molecular complexity index is 643. The minimum Gasteiger partial charge on any atom is -0.454 e. The number of carbonyl (C=O) groups is 1. The molecule has 21 heavy (non-hydrogen) atoms. The summed E-state index contributed by atoms with van der Waals surface area (Å²) in [7, 11) is 0. The fourth-order valence-electron chi connectivity index (χ4n) is 2.29. The molecule has 1 aliphatic rings. The largest absolute Gasteiger partial charge is 0.454 e. The maximum Gasteiger partial charge on any atom is 0.231 e. The molecule has 0 spiro atoms. The summed E-state index contributed by atoms with van der Waals surface area (Å²) in [6.45, 7) is 2.73. The minimum absolute atomic E-state index is 0.00262. The zero-order valence-electron chi connectivity index (χ0n) is 11.8. The van der Waals surface area contributed by atoms with Gasteiger partial charge in [0.2, 0.25) is 12.7 Å². The first-order valence-electron chi connectivity index (χ1n) is 6.77. The van der Waals surface area contributed by atoms with Crippen molar-refractivity contribution in [3.05, 3.63) is 53.9 Å². The van der Waals surface area contributed by atoms with E-state index in [9.17, 15) is 4.79 Å². The lowest BCUT2D eigenvalue weighted by Gasteiger charge is -2.21. The molecule has 1 aromatic heterocycles. The average Bonchev–Trinajstić information content (AvgIpc) is 2.97. The SMILES string of the molecule is CC(=O)N(Cc1ccccn1)Cc1cccc2c1OCO2. The van der Waals surface area contributed by atoms with Gasteiger partial charge in [-0.1, -0.05) is 18.2 Å². The molecule has 5 heteroatoms. The van der Waals surface area contributed by atoms with Crippen molar-refractivity contribution >= 4 is 5.91 Å². The van der Waals surface area contributed by atoms with E-state index in [4.69, 9.17) is 9.47 Å². The number of hydrogen-bond acceptors (Lipinski definition) is 4. The Balaban J connectivity index is 1.80. The highest BCUT2D eigenvalue weighted by Crippen LogP contribution is 2.36. The first-order valence-corrected chi connectivity index (χ1v) is 6.77. The third-order valence-corrected chi connectivity index (χ3v) is 3.36. The van der Waals surface area contributed by atoms with Crippen LogP contribution < -0.4 is 9.47 Å². The second-order valence-electron chi connectivity index (χ2n) is 4.85. The molecule has 5 nitrogen and oxygen atoms in total. The van der Waals surface area contributed by atoms with Crippen molar-refractivity contribution in [1.82, 2.24) is 9.88 Å². The van der Waals surface area contributed by atoms with Crippen molar-refractivity contribution < 1.29 is 14.3 Å². The Morgan fingerprint density at radius 2 is 2.10 bits per heavy atom. The summed E-state index contributed by atoms with van der Waals surface area (Å²) >= 11 is 0. The molecule has 0 unspecified atom stereocenters. The molecule has 0 fully saturated rings. The number of benzene rings is 1. The molecule has 1 aliphatic heterocycles. The van der Waals surface area contributed by atoms with Crippen molar-refractivity contribution in [2.75, 3.05) is 6.79 Å². The first kappa shape index (κ1) is 13.4. The van der Waals surface area contributed by atoms with Crippen LogP contribution in [0.4, 0.5) is 0 Å². The molecule has 2 heterocycles. The van der Waals surface area contributed by atoms with Crippen LogP contribution in [0.3, 0.4) is 0 Å². The highest BCUT2D eigenvalue weighted by atomic mass is 16.7. The van der Waals surface area contributed by atoms with Crippen molar-refractivity contribution in [3.8, 4) is 11.5 Å². The summed E-state index contributed by atoms with van der Waals surface area (Å²) < 4.78 is 10.8. The molecule has 1 aromatic carbocycles. The normalized spacial score (nSPS) is 12.2. The van der Waals surface area contributed by atoms with Crippen LogP contribution in [0.5, 0.6) is 11.5 Å². The summed E-state index contributed by atoms with van der Waals surface area (Å²) in [5.74, 6) is 1.45. The zero-order valence-corrected chi connectivity index (χ0v) is 11.8. The van der Waals surface area contributed by atoms with E-state index in [1.165, 1.54) is 0 Å². The second kappa shape index (κ2) is 5.83. The van der Waals surface area contributed by atoms with E-state index in [0.29, 0.717) is 13.1 Å². The monoisotopic (exact) mass is 284 g/mol. The van der Waals surface area contributed by atoms with E-state index in [2.05, 4.69) is 4.98 Å². The van der Waals surface area contributed by atoms with Gasteiger partial charge in [0.05, 0.1) is 12.2 Å². The van der Waals surface area contributed by atoms with Gasteiger partial charge < -0.3 is 14.4 Å². The molecular weight excluding hydrogens is 268 g/mol. The van der Waals surface area contributed by atoms with Gasteiger partial charge in [-0.05, 0) is 18.2 Å². The van der Waals surface area contributed by atoms with E-state index in [0.717, 1.165) is 22.8 Å². The van der Waals surface area contributed by atoms with Gasteiger partial charge in [-0.25, -0.2) is 0 Å². The third kappa shape index (κ3) is 2.97. The van der Waals surface area contributed by atoms with Gasteiger partial charge in [-0.2, -0.15) is 0 Å². The Hall–Kier alpha value is -2.56. The fourth-order valence-corrected chi connectivity index (χ4v) is 2.29. The molecule has 2 aromatic rings. The lowest BCUT2D eigenvalue weighted by molar-refractivity contribution is -0.130. The Kier molecular flexibility index (Phi) is 3.73. The predicted octanol–water partition coefficient (Wildman–Crippen LogP) is 2.36. The molecule has 0 radical (unpaired) electrons. The van der Waals surface area contributed by atoms with Crippen LogP contribution in [0.25, 0.3) is 0 Å². The molecule has 0 bridgehead atoms. The number of amides is 1. The van der Waals surface area contributed by atoms with E-state index in [-0.39, 0.29) is 12.7 Å². The van der Waals surface area contributed by atoms with Gasteiger partial charge in [0.25, 0.3) is 0 Å². The number of carbonyl (C=O) groups excluding carboxylic acids is 1. The van der Waals surface area contributed by atoms with Crippen LogP contribution in [0, 0.1) is 0 Å². The quantitative estimate of drug-likeness (QED) is 0.865. The molecule has 3 rings (SSSR count). The maximum absolute atomic E-state index is 11.9. The minimum atomic E-state index is -0.00262. The number of hydrogen-bond donors (Lipinski definition) is 0. The van der Waals surface area contributed by atoms with Crippen LogP contribution in [0.1, 0.15) is 18.2 Å². The number of aromatic nitrogens is 1. The van der Waals surface area contributed by atoms with Crippen molar-refractivity contribution in [3.63, 3.8) is 0 Å². The van der Waals surface area contributed by atoms with Gasteiger partial charge in [-0.15, -0.1) is 0 Å². The van der Waals surface area contributed by atoms with Crippen LogP contribution >= 0.6 is 0 Å². The molecule has 0 aliphatic carbocycles. The van der Waals surface area contributed by atoms with Crippen molar-refractivity contribution in [2.24, 2.45) is 0 Å². The Labute approximate surface area is 123 Å². The van der Waals surface area contributed by atoms with E-state index in [1.807, 2.05) is 36.4 Å². The van der Waals surface area contributed by atoms with Crippen molar-refractivity contribution in [2.45, 2.75) is 20.0 Å². The third-order valence-electron chi connectivity index (χ3n) is 3.36. The summed E-state index contributed by atoms with van der Waals surface area (Å²) in [5.41, 5.74) is 1.80. The number of ether oxygens (including phenoxy) is 2. The topological polar surface area (TPSA) is 51.7 Å². The molecule has 108 valence electrons. The number of nitrogens with zero attached hydrogens (tertiary/aromatic N) is 2. The lowest BCUT2D eigenvalue weighted by Crippen LogP contribution is -2.28. The standard InChI is InChI=1S/C16H16N2O3/c1-12(19)18(10-14-6-2-3-8-17-14)9-13-5-4-7-15-16(13)21-11-20-15/h2-8H,9-11H2,1H3. The summed E-state index contributed by atoms with van der Waals surface area (Å²) in [4.78, 5) is 17.9. The van der Waals surface area contributed by atoms with Crippen LogP contribution in [-0.4, -0.2) is 22.6 Å². The highest BCUT2D eigenvalue weighted by molar-refractivity contribution is 5.73. The first-order chi connectivity index (χ1) is 10.2. The maximum atomic E-state index is 11.9. The molecular formula is C16H16N2O3. The molecule has 0 atom stereocenters. The molecule has 0 saturated carbocycles. The van der Waals surface area contributed by atoms with Gasteiger partial charge in [-0.3, -0.25) is 9.78 Å². The second-order valence-corrected chi connectivity index (χ2v) is 4.85. The predicted molar refractivity (Wildman–Crippen MR) is 76.7 cm³/mol. The highest BCUT2D eigenvalue weighted by Gasteiger charge is 2.20.